The minimum absolute atomic E-state index is 0.136. The zero-order valence-electron chi connectivity index (χ0n) is 8.70. The number of carbonyl (C=O) groups excluding carboxylic acids is 1. The van der Waals surface area contributed by atoms with Crippen molar-refractivity contribution in [1.29, 1.82) is 0 Å². The number of carbonyl (C=O) groups is 1. The monoisotopic (exact) mass is 238 g/mol. The third-order valence-electron chi connectivity index (χ3n) is 1.58. The predicted molar refractivity (Wildman–Crippen MR) is 67.2 cm³/mol. The maximum atomic E-state index is 10.9. The summed E-state index contributed by atoms with van der Waals surface area (Å²) in [5, 5.41) is 0.136. The average molecular weight is 238 g/mol. The topological polar surface area (TPSA) is 17.1 Å². The summed E-state index contributed by atoms with van der Waals surface area (Å²) in [4.78, 5) is 10.9. The largest absolute Gasteiger partial charge is 0.299 e. The normalized spacial score (nSPS) is 13.3. The van der Waals surface area contributed by atoms with Crippen LogP contribution in [0.5, 0.6) is 0 Å². The smallest absolute Gasteiger partial charge is 0.143 e. The van der Waals surface area contributed by atoms with Crippen LogP contribution in [0.4, 0.5) is 0 Å². The van der Waals surface area contributed by atoms with Gasteiger partial charge in [-0.15, -0.1) is 0 Å². The van der Waals surface area contributed by atoms with Gasteiger partial charge in [-0.05, 0) is 36.0 Å². The quantitative estimate of drug-likeness (QED) is 0.491. The first-order valence-electron chi connectivity index (χ1n) is 4.49. The van der Waals surface area contributed by atoms with Crippen LogP contribution in [-0.4, -0.2) is 16.8 Å². The van der Waals surface area contributed by atoms with Crippen molar-refractivity contribution in [1.82, 2.24) is 0 Å². The van der Waals surface area contributed by atoms with Crippen molar-refractivity contribution >= 4 is 37.2 Å². The molecule has 78 valence electrons. The molecule has 0 aromatic heterocycles. The summed E-state index contributed by atoms with van der Waals surface area (Å²) in [7, 11) is 5.27. The Labute approximate surface area is 93.0 Å². The molecule has 0 fully saturated rings. The molecule has 0 aromatic rings. The molecule has 1 nitrogen and oxygen atoms in total. The molecular formula is C9H18OS3. The van der Waals surface area contributed by atoms with E-state index in [1.807, 2.05) is 17.7 Å². The van der Waals surface area contributed by atoms with E-state index in [0.717, 1.165) is 5.92 Å². The molecule has 0 radical (unpaired) electrons. The Morgan fingerprint density at radius 2 is 1.92 bits per heavy atom. The summed E-state index contributed by atoms with van der Waals surface area (Å²) >= 11 is 0. The highest BCUT2D eigenvalue weighted by molar-refractivity contribution is 9.09. The fraction of sp³-hybridized carbons (Fsp3) is 0.889. The van der Waals surface area contributed by atoms with Crippen LogP contribution in [0.2, 0.25) is 0 Å². The summed E-state index contributed by atoms with van der Waals surface area (Å²) in [6, 6.07) is 0. The van der Waals surface area contributed by atoms with E-state index in [0.29, 0.717) is 0 Å². The van der Waals surface area contributed by atoms with Crippen molar-refractivity contribution in [3.8, 4) is 0 Å². The lowest BCUT2D eigenvalue weighted by Crippen LogP contribution is -2.05. The Morgan fingerprint density at radius 1 is 1.31 bits per heavy atom. The number of hydrogen-bond donors (Lipinski definition) is 0. The van der Waals surface area contributed by atoms with E-state index in [9.17, 15) is 4.79 Å². The molecular weight excluding hydrogens is 220 g/mol. The summed E-state index contributed by atoms with van der Waals surface area (Å²) < 4.78 is 0. The first-order chi connectivity index (χ1) is 6.04. The number of Topliss-reactive ketones (excluding diaryl/α,β-unsaturated/α-hetero) is 1. The number of hydrogen-bond acceptors (Lipinski definition) is 4. The molecule has 13 heavy (non-hydrogen) atoms. The SMILES string of the molecule is CC(=O)C(C)SSSCCC(C)C. The van der Waals surface area contributed by atoms with Gasteiger partial charge in [-0.2, -0.15) is 0 Å². The fourth-order valence-corrected chi connectivity index (χ4v) is 5.01. The van der Waals surface area contributed by atoms with E-state index >= 15 is 0 Å². The highest BCUT2D eigenvalue weighted by Gasteiger charge is 2.07. The maximum absolute atomic E-state index is 10.9. The zero-order valence-corrected chi connectivity index (χ0v) is 11.2. The van der Waals surface area contributed by atoms with Crippen molar-refractivity contribution in [3.05, 3.63) is 0 Å². The van der Waals surface area contributed by atoms with Crippen LogP contribution < -0.4 is 0 Å². The first-order valence-corrected chi connectivity index (χ1v) is 8.21. The molecule has 0 aliphatic rings. The van der Waals surface area contributed by atoms with E-state index in [1.165, 1.54) is 12.2 Å². The van der Waals surface area contributed by atoms with Crippen LogP contribution in [0.1, 0.15) is 34.1 Å². The molecule has 0 bridgehead atoms. The van der Waals surface area contributed by atoms with Gasteiger partial charge in [-0.1, -0.05) is 35.4 Å². The highest BCUT2D eigenvalue weighted by Crippen LogP contribution is 2.38. The van der Waals surface area contributed by atoms with Gasteiger partial charge in [0.05, 0.1) is 5.25 Å². The lowest BCUT2D eigenvalue weighted by atomic mass is 10.2. The van der Waals surface area contributed by atoms with Crippen LogP contribution in [0.15, 0.2) is 0 Å². The van der Waals surface area contributed by atoms with Gasteiger partial charge in [0.1, 0.15) is 5.78 Å². The summed E-state index contributed by atoms with van der Waals surface area (Å²) in [6.45, 7) is 8.08. The van der Waals surface area contributed by atoms with E-state index in [1.54, 1.807) is 27.5 Å². The second-order valence-corrected chi connectivity index (χ2v) is 8.02. The standard InChI is InChI=1S/C9H18OS3/c1-7(2)5-6-11-13-12-9(4)8(3)10/h7,9H,5-6H2,1-4H3. The van der Waals surface area contributed by atoms with Gasteiger partial charge in [-0.3, -0.25) is 4.79 Å². The third-order valence-corrected chi connectivity index (χ3v) is 6.24. The van der Waals surface area contributed by atoms with Gasteiger partial charge in [0.25, 0.3) is 0 Å². The van der Waals surface area contributed by atoms with Gasteiger partial charge in [0.2, 0.25) is 0 Å². The Bertz CT molecular complexity index is 148. The summed E-state index contributed by atoms with van der Waals surface area (Å²) in [6.07, 6.45) is 1.26. The third kappa shape index (κ3) is 9.03. The van der Waals surface area contributed by atoms with Crippen molar-refractivity contribution in [2.45, 2.75) is 39.4 Å². The molecule has 1 atom stereocenters. The predicted octanol–water partition coefficient (Wildman–Crippen LogP) is 4.04. The second-order valence-electron chi connectivity index (χ2n) is 3.42. The Kier molecular flexibility index (Phi) is 8.51. The number of rotatable bonds is 7. The second kappa shape index (κ2) is 8.06. The van der Waals surface area contributed by atoms with E-state index in [2.05, 4.69) is 13.8 Å². The Morgan fingerprint density at radius 3 is 2.38 bits per heavy atom. The highest BCUT2D eigenvalue weighted by atomic mass is 33.5. The minimum Gasteiger partial charge on any atom is -0.299 e. The van der Waals surface area contributed by atoms with Gasteiger partial charge in [0, 0.05) is 5.75 Å². The van der Waals surface area contributed by atoms with E-state index in [4.69, 9.17) is 0 Å². The van der Waals surface area contributed by atoms with Crippen molar-refractivity contribution in [2.75, 3.05) is 5.75 Å². The molecule has 0 saturated heterocycles. The van der Waals surface area contributed by atoms with Crippen molar-refractivity contribution < 1.29 is 4.79 Å². The van der Waals surface area contributed by atoms with Crippen molar-refractivity contribution in [2.24, 2.45) is 5.92 Å². The summed E-state index contributed by atoms with van der Waals surface area (Å²) in [5.41, 5.74) is 0. The van der Waals surface area contributed by atoms with Crippen molar-refractivity contribution in [3.63, 3.8) is 0 Å². The van der Waals surface area contributed by atoms with E-state index in [-0.39, 0.29) is 11.0 Å². The van der Waals surface area contributed by atoms with Crippen LogP contribution in [0.3, 0.4) is 0 Å². The molecule has 4 heteroatoms. The van der Waals surface area contributed by atoms with Gasteiger partial charge in [-0.25, -0.2) is 0 Å². The minimum atomic E-state index is 0.136. The van der Waals surface area contributed by atoms with Gasteiger partial charge in [0.15, 0.2) is 0 Å². The molecule has 0 spiro atoms. The maximum Gasteiger partial charge on any atom is 0.143 e. The van der Waals surface area contributed by atoms with Crippen LogP contribution in [0.25, 0.3) is 0 Å². The molecule has 0 aliphatic carbocycles. The molecule has 1 unspecified atom stereocenters. The fourth-order valence-electron chi connectivity index (χ4n) is 0.472. The summed E-state index contributed by atoms with van der Waals surface area (Å²) in [5.74, 6) is 2.23. The molecule has 0 heterocycles. The number of ketones is 1. The van der Waals surface area contributed by atoms with Crippen LogP contribution >= 0.6 is 31.4 Å². The van der Waals surface area contributed by atoms with Crippen LogP contribution in [0, 0.1) is 5.92 Å². The molecule has 0 aromatic carbocycles. The van der Waals surface area contributed by atoms with Gasteiger partial charge >= 0.3 is 0 Å². The lowest BCUT2D eigenvalue weighted by Gasteiger charge is -2.06. The Balaban J connectivity index is 3.21. The van der Waals surface area contributed by atoms with E-state index < -0.39 is 0 Å². The molecule has 0 rings (SSSR count). The van der Waals surface area contributed by atoms with Crippen LogP contribution in [-0.2, 0) is 4.79 Å². The van der Waals surface area contributed by atoms with Gasteiger partial charge < -0.3 is 0 Å². The Hall–Kier alpha value is 0.720. The average Bonchev–Trinajstić information content (AvgIpc) is 2.02. The molecule has 0 saturated carbocycles. The first kappa shape index (κ1) is 13.7. The molecule has 0 N–H and O–H groups in total. The lowest BCUT2D eigenvalue weighted by molar-refractivity contribution is -0.116. The molecule has 0 amide bonds. The zero-order chi connectivity index (χ0) is 10.3. The molecule has 0 aliphatic heterocycles.